The number of rotatable bonds is 5. The fraction of sp³-hybridized carbons (Fsp3) is 0.278. The minimum atomic E-state index is -0.0871. The Bertz CT molecular complexity index is 921. The van der Waals surface area contributed by atoms with Gasteiger partial charge in [0.25, 0.3) is 11.1 Å². The lowest BCUT2D eigenvalue weighted by Crippen LogP contribution is -2.33. The molecule has 0 fully saturated rings. The lowest BCUT2D eigenvalue weighted by Gasteiger charge is -2.26. The highest BCUT2D eigenvalue weighted by molar-refractivity contribution is 7.99. The number of hydrogen-bond donors (Lipinski definition) is 1. The summed E-state index contributed by atoms with van der Waals surface area (Å²) in [5, 5.41) is 11.4. The number of ether oxygens (including phenoxy) is 1. The first kappa shape index (κ1) is 16.7. The predicted octanol–water partition coefficient (Wildman–Crippen LogP) is 3.37. The lowest BCUT2D eigenvalue weighted by molar-refractivity contribution is -0.119. The van der Waals surface area contributed by atoms with Crippen LogP contribution in [-0.4, -0.2) is 28.5 Å². The lowest BCUT2D eigenvalue weighted by atomic mass is 10.0. The van der Waals surface area contributed by atoms with Gasteiger partial charge < -0.3 is 18.9 Å². The fourth-order valence-electron chi connectivity index (χ4n) is 2.84. The Kier molecular flexibility index (Phi) is 4.66. The van der Waals surface area contributed by atoms with Gasteiger partial charge in [0, 0.05) is 12.0 Å². The highest BCUT2D eigenvalue weighted by Crippen LogP contribution is 2.32. The number of aromatic nitrogens is 2. The third-order valence-corrected chi connectivity index (χ3v) is 4.93. The number of para-hydroxylation sites is 1. The summed E-state index contributed by atoms with van der Waals surface area (Å²) in [5.41, 5.74) is 1.76. The maximum Gasteiger partial charge on any atom is 0.277 e. The van der Waals surface area contributed by atoms with Gasteiger partial charge in [0.15, 0.2) is 0 Å². The van der Waals surface area contributed by atoms with Crippen molar-refractivity contribution in [2.75, 3.05) is 12.4 Å². The van der Waals surface area contributed by atoms with Gasteiger partial charge in [-0.15, -0.1) is 10.2 Å². The molecule has 1 N–H and O–H groups in total. The van der Waals surface area contributed by atoms with Crippen LogP contribution in [0.2, 0.25) is 0 Å². The number of benzene rings is 1. The summed E-state index contributed by atoms with van der Waals surface area (Å²) in [6.07, 6.45) is 2.32. The van der Waals surface area contributed by atoms with Crippen LogP contribution in [-0.2, 0) is 4.79 Å². The number of thioether (sulfide) groups is 1. The van der Waals surface area contributed by atoms with Crippen molar-refractivity contribution >= 4 is 17.7 Å². The molecule has 1 aliphatic heterocycles. The molecular weight excluding hydrogens is 354 g/mol. The maximum absolute atomic E-state index is 12.3. The van der Waals surface area contributed by atoms with Crippen LogP contribution in [0.3, 0.4) is 0 Å². The van der Waals surface area contributed by atoms with Gasteiger partial charge in [-0.05, 0) is 19.1 Å². The van der Waals surface area contributed by atoms with Crippen LogP contribution < -0.4 is 10.1 Å². The van der Waals surface area contributed by atoms with E-state index in [0.717, 1.165) is 23.3 Å². The number of nitrogens with zero attached hydrogens (tertiary/aromatic N) is 2. The highest BCUT2D eigenvalue weighted by Gasteiger charge is 2.23. The molecular formula is C18H17N3O4S. The Morgan fingerprint density at radius 2 is 2.19 bits per heavy atom. The summed E-state index contributed by atoms with van der Waals surface area (Å²) < 4.78 is 16.4. The van der Waals surface area contributed by atoms with Gasteiger partial charge in [0.05, 0.1) is 30.2 Å². The largest absolute Gasteiger partial charge is 0.493 e. The van der Waals surface area contributed by atoms with Crippen molar-refractivity contribution in [3.8, 4) is 17.2 Å². The van der Waals surface area contributed by atoms with Crippen LogP contribution in [0.5, 0.6) is 5.75 Å². The molecule has 2 aromatic heterocycles. The van der Waals surface area contributed by atoms with Gasteiger partial charge in [-0.25, -0.2) is 0 Å². The zero-order valence-electron chi connectivity index (χ0n) is 14.1. The van der Waals surface area contributed by atoms with Gasteiger partial charge >= 0.3 is 0 Å². The molecule has 4 rings (SSSR count). The van der Waals surface area contributed by atoms with Crippen molar-refractivity contribution in [1.29, 1.82) is 0 Å². The second-order valence-electron chi connectivity index (χ2n) is 5.85. The van der Waals surface area contributed by atoms with E-state index in [-0.39, 0.29) is 17.7 Å². The molecule has 0 spiro atoms. The Morgan fingerprint density at radius 3 is 3.04 bits per heavy atom. The van der Waals surface area contributed by atoms with Gasteiger partial charge in [-0.3, -0.25) is 4.79 Å². The normalized spacial score (nSPS) is 16.0. The molecule has 0 bridgehead atoms. The van der Waals surface area contributed by atoms with Crippen LogP contribution in [0.4, 0.5) is 0 Å². The first-order chi connectivity index (χ1) is 12.7. The molecule has 7 nitrogen and oxygen atoms in total. The summed E-state index contributed by atoms with van der Waals surface area (Å²) in [6.45, 7) is 2.41. The molecule has 8 heteroatoms. The second-order valence-corrected chi connectivity index (χ2v) is 6.77. The summed E-state index contributed by atoms with van der Waals surface area (Å²) in [5.74, 6) is 2.04. The van der Waals surface area contributed by atoms with Crippen molar-refractivity contribution in [2.24, 2.45) is 0 Å². The van der Waals surface area contributed by atoms with E-state index < -0.39 is 0 Å². The third-order valence-electron chi connectivity index (χ3n) is 4.12. The van der Waals surface area contributed by atoms with Gasteiger partial charge in [0.2, 0.25) is 5.91 Å². The average molecular weight is 371 g/mol. The van der Waals surface area contributed by atoms with E-state index in [1.165, 1.54) is 11.8 Å². The summed E-state index contributed by atoms with van der Waals surface area (Å²) in [4.78, 5) is 12.3. The van der Waals surface area contributed by atoms with Crippen molar-refractivity contribution < 1.29 is 18.4 Å². The first-order valence-electron chi connectivity index (χ1n) is 8.22. The number of amides is 1. The van der Waals surface area contributed by atoms with Crippen molar-refractivity contribution in [3.05, 3.63) is 47.9 Å². The molecule has 3 aromatic rings. The standard InChI is InChI=1S/C18H17N3O4S/c1-11-12(6-8-23-11)17-20-21-18(25-17)26-10-16(22)19-14-7-9-24-15-5-3-2-4-13(14)15/h2-6,8,14H,7,9-10H2,1H3,(H,19,22)/t14-/m1/s1. The minimum absolute atomic E-state index is 0.0418. The van der Waals surface area contributed by atoms with Crippen LogP contribution >= 0.6 is 11.8 Å². The zero-order valence-corrected chi connectivity index (χ0v) is 14.9. The summed E-state index contributed by atoms with van der Waals surface area (Å²) in [6, 6.07) is 9.49. The second kappa shape index (κ2) is 7.25. The molecule has 0 radical (unpaired) electrons. The highest BCUT2D eigenvalue weighted by atomic mass is 32.2. The van der Waals surface area contributed by atoms with E-state index in [1.807, 2.05) is 31.2 Å². The van der Waals surface area contributed by atoms with Gasteiger partial charge in [-0.2, -0.15) is 0 Å². The van der Waals surface area contributed by atoms with Gasteiger partial charge in [-0.1, -0.05) is 30.0 Å². The molecule has 0 saturated heterocycles. The molecule has 0 saturated carbocycles. The molecule has 1 aromatic carbocycles. The van der Waals surface area contributed by atoms with E-state index in [9.17, 15) is 4.79 Å². The topological polar surface area (TPSA) is 90.4 Å². The SMILES string of the molecule is Cc1occc1-c1nnc(SCC(=O)N[C@@H]2CCOc3ccccc32)o1. The van der Waals surface area contributed by atoms with E-state index in [2.05, 4.69) is 15.5 Å². The van der Waals surface area contributed by atoms with E-state index in [0.29, 0.717) is 23.5 Å². The molecule has 1 aliphatic rings. The number of fused-ring (bicyclic) bond motifs is 1. The zero-order chi connectivity index (χ0) is 17.9. The fourth-order valence-corrected chi connectivity index (χ4v) is 3.41. The summed E-state index contributed by atoms with van der Waals surface area (Å²) in [7, 11) is 0. The molecule has 3 heterocycles. The van der Waals surface area contributed by atoms with Crippen LogP contribution in [0.1, 0.15) is 23.8 Å². The number of hydrogen-bond acceptors (Lipinski definition) is 7. The smallest absolute Gasteiger partial charge is 0.277 e. The number of furan rings is 1. The van der Waals surface area contributed by atoms with Crippen LogP contribution in [0.15, 0.2) is 50.7 Å². The van der Waals surface area contributed by atoms with Crippen LogP contribution in [0.25, 0.3) is 11.5 Å². The molecule has 0 unspecified atom stereocenters. The minimum Gasteiger partial charge on any atom is -0.493 e. The Balaban J connectivity index is 1.35. The Hall–Kier alpha value is -2.74. The first-order valence-corrected chi connectivity index (χ1v) is 9.21. The average Bonchev–Trinajstić information content (AvgIpc) is 3.29. The third kappa shape index (κ3) is 3.45. The van der Waals surface area contributed by atoms with Crippen molar-refractivity contribution in [3.63, 3.8) is 0 Å². The predicted molar refractivity (Wildman–Crippen MR) is 94.9 cm³/mol. The van der Waals surface area contributed by atoms with Crippen LogP contribution in [0, 0.1) is 6.92 Å². The molecule has 134 valence electrons. The molecule has 0 aliphatic carbocycles. The molecule has 1 amide bonds. The van der Waals surface area contributed by atoms with E-state index >= 15 is 0 Å². The summed E-state index contributed by atoms with van der Waals surface area (Å²) >= 11 is 1.21. The van der Waals surface area contributed by atoms with Crippen molar-refractivity contribution in [2.45, 2.75) is 24.6 Å². The number of carbonyl (C=O) groups is 1. The molecule has 26 heavy (non-hydrogen) atoms. The number of carbonyl (C=O) groups excluding carboxylic acids is 1. The Labute approximate surface area is 154 Å². The van der Waals surface area contributed by atoms with E-state index in [4.69, 9.17) is 13.6 Å². The Morgan fingerprint density at radius 1 is 1.31 bits per heavy atom. The monoisotopic (exact) mass is 371 g/mol. The molecule has 1 atom stereocenters. The number of nitrogens with one attached hydrogen (secondary N) is 1. The van der Waals surface area contributed by atoms with Gasteiger partial charge in [0.1, 0.15) is 11.5 Å². The number of aryl methyl sites for hydroxylation is 1. The van der Waals surface area contributed by atoms with E-state index in [1.54, 1.807) is 12.3 Å². The maximum atomic E-state index is 12.3. The quantitative estimate of drug-likeness (QED) is 0.688. The van der Waals surface area contributed by atoms with Crippen molar-refractivity contribution in [1.82, 2.24) is 15.5 Å².